The van der Waals surface area contributed by atoms with Gasteiger partial charge in [-0.15, -0.1) is 0 Å². The van der Waals surface area contributed by atoms with Crippen molar-refractivity contribution < 1.29 is 14.6 Å². The molecule has 0 spiro atoms. The molecule has 2 fully saturated rings. The van der Waals surface area contributed by atoms with Gasteiger partial charge in [0.2, 0.25) is 0 Å². The van der Waals surface area contributed by atoms with Crippen LogP contribution in [0.3, 0.4) is 0 Å². The molecule has 2 heterocycles. The highest BCUT2D eigenvalue weighted by atomic mass is 16.5. The zero-order chi connectivity index (χ0) is 24.3. The summed E-state index contributed by atoms with van der Waals surface area (Å²) < 4.78 is 5.51. The lowest BCUT2D eigenvalue weighted by molar-refractivity contribution is 0.0115. The van der Waals surface area contributed by atoms with E-state index < -0.39 is 0 Å². The molecular weight excluding hydrogens is 438 g/mol. The largest absolute Gasteiger partial charge is 0.506 e. The number of anilines is 1. The fraction of sp³-hybridized carbons (Fsp3) is 0.448. The molecule has 2 aromatic carbocycles. The second kappa shape index (κ2) is 8.22. The van der Waals surface area contributed by atoms with Crippen molar-refractivity contribution in [1.82, 2.24) is 4.90 Å². The Morgan fingerprint density at radius 1 is 1.06 bits per heavy atom. The number of hydrogen-bond donors (Lipinski definition) is 1. The third kappa shape index (κ3) is 3.49. The van der Waals surface area contributed by atoms with Crippen LogP contribution in [-0.2, 0) is 16.6 Å². The van der Waals surface area contributed by atoms with Crippen LogP contribution in [0.1, 0.15) is 59.3 Å². The molecule has 35 heavy (non-hydrogen) atoms. The Morgan fingerprint density at radius 3 is 2.51 bits per heavy atom. The van der Waals surface area contributed by atoms with E-state index in [1.807, 2.05) is 12.1 Å². The SMILES string of the molecule is CC1(C)C2=C(C(=O)c3cc(O)c(N4CCC(N5CCOCC5)CC4)cc31)c1ccc(C#N)cc1C2. The first-order valence-electron chi connectivity index (χ1n) is 12.6. The second-order valence-corrected chi connectivity index (χ2v) is 10.7. The van der Waals surface area contributed by atoms with Gasteiger partial charge in [-0.05, 0) is 65.8 Å². The van der Waals surface area contributed by atoms with Crippen LogP contribution in [0.5, 0.6) is 5.75 Å². The number of carbonyl (C=O) groups is 1. The monoisotopic (exact) mass is 469 g/mol. The summed E-state index contributed by atoms with van der Waals surface area (Å²) in [7, 11) is 0. The Labute approximate surface area is 206 Å². The number of ether oxygens (including phenoxy) is 1. The molecule has 2 aliphatic carbocycles. The molecule has 0 atom stereocenters. The van der Waals surface area contributed by atoms with Crippen LogP contribution in [0.15, 0.2) is 35.9 Å². The van der Waals surface area contributed by atoms with E-state index in [1.54, 1.807) is 12.1 Å². The Bertz CT molecular complexity index is 1290. The lowest BCUT2D eigenvalue weighted by atomic mass is 9.68. The van der Waals surface area contributed by atoms with Crippen molar-refractivity contribution in [3.63, 3.8) is 0 Å². The summed E-state index contributed by atoms with van der Waals surface area (Å²) in [5.41, 5.74) is 6.51. The number of aromatic hydroxyl groups is 1. The van der Waals surface area contributed by atoms with Crippen molar-refractivity contribution in [2.24, 2.45) is 0 Å². The fourth-order valence-corrected chi connectivity index (χ4v) is 6.53. The normalized spacial score (nSPS) is 22.0. The number of fused-ring (bicyclic) bond motifs is 3. The first-order valence-corrected chi connectivity index (χ1v) is 12.6. The topological polar surface area (TPSA) is 76.8 Å². The van der Waals surface area contributed by atoms with Crippen molar-refractivity contribution in [2.75, 3.05) is 44.3 Å². The molecule has 6 nitrogen and oxygen atoms in total. The van der Waals surface area contributed by atoms with E-state index in [-0.39, 0.29) is 16.9 Å². The van der Waals surface area contributed by atoms with Crippen molar-refractivity contribution in [3.8, 4) is 11.8 Å². The number of nitriles is 1. The number of phenols is 1. The molecule has 4 aliphatic rings. The highest BCUT2D eigenvalue weighted by Gasteiger charge is 2.43. The summed E-state index contributed by atoms with van der Waals surface area (Å²) >= 11 is 0. The van der Waals surface area contributed by atoms with Gasteiger partial charge >= 0.3 is 0 Å². The van der Waals surface area contributed by atoms with Crippen molar-refractivity contribution in [2.45, 2.75) is 44.6 Å². The number of morpholine rings is 1. The minimum atomic E-state index is -0.348. The highest BCUT2D eigenvalue weighted by molar-refractivity contribution is 6.33. The predicted octanol–water partition coefficient (Wildman–Crippen LogP) is 4.05. The van der Waals surface area contributed by atoms with Gasteiger partial charge in [0.15, 0.2) is 5.78 Å². The smallest absolute Gasteiger partial charge is 0.194 e. The molecule has 1 N–H and O–H groups in total. The number of phenolic OH excluding ortho intramolecular Hbond substituents is 1. The van der Waals surface area contributed by atoms with E-state index in [9.17, 15) is 15.2 Å². The van der Waals surface area contributed by atoms with Crippen LogP contribution in [0.25, 0.3) is 5.57 Å². The van der Waals surface area contributed by atoms with Crippen molar-refractivity contribution >= 4 is 17.0 Å². The van der Waals surface area contributed by atoms with Gasteiger partial charge in [0, 0.05) is 48.8 Å². The van der Waals surface area contributed by atoms with Crippen molar-refractivity contribution in [1.29, 1.82) is 5.26 Å². The number of rotatable bonds is 2. The number of carbonyl (C=O) groups excluding carboxylic acids is 1. The van der Waals surface area contributed by atoms with Crippen LogP contribution in [0.4, 0.5) is 5.69 Å². The third-order valence-corrected chi connectivity index (χ3v) is 8.55. The van der Waals surface area contributed by atoms with E-state index in [1.165, 1.54) is 0 Å². The summed E-state index contributed by atoms with van der Waals surface area (Å²) in [4.78, 5) is 18.5. The van der Waals surface area contributed by atoms with Gasteiger partial charge in [-0.3, -0.25) is 9.69 Å². The number of allylic oxidation sites excluding steroid dienone is 2. The molecule has 0 bridgehead atoms. The van der Waals surface area contributed by atoms with Crippen LogP contribution in [0.2, 0.25) is 0 Å². The lowest BCUT2D eigenvalue weighted by Gasteiger charge is -2.41. The number of benzene rings is 2. The summed E-state index contributed by atoms with van der Waals surface area (Å²) in [6, 6.07) is 12.1. The zero-order valence-electron chi connectivity index (χ0n) is 20.4. The van der Waals surface area contributed by atoms with Gasteiger partial charge in [0.05, 0.1) is 30.5 Å². The van der Waals surface area contributed by atoms with Crippen LogP contribution < -0.4 is 4.90 Å². The van der Waals surface area contributed by atoms with E-state index in [2.05, 4.69) is 35.8 Å². The quantitative estimate of drug-likeness (QED) is 0.715. The molecular formula is C29H31N3O3. The maximum absolute atomic E-state index is 13.7. The Balaban J connectivity index is 1.31. The molecule has 2 aromatic rings. The number of nitrogens with zero attached hydrogens (tertiary/aromatic N) is 3. The van der Waals surface area contributed by atoms with Crippen LogP contribution >= 0.6 is 0 Å². The minimum Gasteiger partial charge on any atom is -0.506 e. The van der Waals surface area contributed by atoms with Crippen LogP contribution in [-0.4, -0.2) is 61.2 Å². The van der Waals surface area contributed by atoms with Gasteiger partial charge in [-0.1, -0.05) is 19.9 Å². The van der Waals surface area contributed by atoms with Gasteiger partial charge in [0.1, 0.15) is 5.75 Å². The number of Topliss-reactive ketones (excluding diaryl/α,β-unsaturated/α-hetero) is 1. The lowest BCUT2D eigenvalue weighted by Crippen LogP contribution is -2.49. The minimum absolute atomic E-state index is 0.0225. The van der Waals surface area contributed by atoms with Gasteiger partial charge in [0.25, 0.3) is 0 Å². The van der Waals surface area contributed by atoms with Gasteiger partial charge in [-0.2, -0.15) is 5.26 Å². The summed E-state index contributed by atoms with van der Waals surface area (Å²) in [5, 5.41) is 20.4. The molecule has 0 unspecified atom stereocenters. The fourth-order valence-electron chi connectivity index (χ4n) is 6.53. The molecule has 6 rings (SSSR count). The Kier molecular flexibility index (Phi) is 5.24. The average molecular weight is 470 g/mol. The molecule has 2 saturated heterocycles. The van der Waals surface area contributed by atoms with Crippen molar-refractivity contribution in [3.05, 3.63) is 63.7 Å². The first-order chi connectivity index (χ1) is 16.9. The molecule has 180 valence electrons. The van der Waals surface area contributed by atoms with E-state index in [4.69, 9.17) is 4.74 Å². The average Bonchev–Trinajstić information content (AvgIpc) is 3.28. The van der Waals surface area contributed by atoms with Gasteiger partial charge < -0.3 is 14.7 Å². The summed E-state index contributed by atoms with van der Waals surface area (Å²) in [6.07, 6.45) is 2.80. The zero-order valence-corrected chi connectivity index (χ0v) is 20.4. The van der Waals surface area contributed by atoms with Crippen LogP contribution in [0, 0.1) is 11.3 Å². The second-order valence-electron chi connectivity index (χ2n) is 10.7. The molecule has 0 radical (unpaired) electrons. The van der Waals surface area contributed by atoms with E-state index in [0.29, 0.717) is 23.6 Å². The molecule has 6 heteroatoms. The molecule has 0 amide bonds. The molecule has 0 aromatic heterocycles. The molecule has 2 aliphatic heterocycles. The maximum atomic E-state index is 13.7. The molecule has 0 saturated carbocycles. The summed E-state index contributed by atoms with van der Waals surface area (Å²) in [6.45, 7) is 9.76. The number of piperidine rings is 1. The third-order valence-electron chi connectivity index (χ3n) is 8.55. The Morgan fingerprint density at radius 2 is 1.80 bits per heavy atom. The maximum Gasteiger partial charge on any atom is 0.194 e. The highest BCUT2D eigenvalue weighted by Crippen LogP contribution is 2.51. The Hall–Kier alpha value is -3.14. The summed E-state index contributed by atoms with van der Waals surface area (Å²) in [5.74, 6) is 0.158. The van der Waals surface area contributed by atoms with E-state index >= 15 is 0 Å². The van der Waals surface area contributed by atoms with Gasteiger partial charge in [-0.25, -0.2) is 0 Å². The van der Waals surface area contributed by atoms with E-state index in [0.717, 1.165) is 85.8 Å². The first kappa shape index (κ1) is 22.3. The number of hydrogen-bond acceptors (Lipinski definition) is 6. The predicted molar refractivity (Wildman–Crippen MR) is 135 cm³/mol. The number of ketones is 1. The standard InChI is InChI=1S/C29H31N3O3/c1-29(2)23-16-25(32-7-5-20(6-8-32)31-9-11-35-12-10-31)26(33)15-22(23)28(34)27-21-4-3-18(17-30)13-19(21)14-24(27)29/h3-4,13,15-16,20,33H,5-12,14H2,1-2H3.